The van der Waals surface area contributed by atoms with E-state index in [1.54, 1.807) is 10.6 Å². The molecule has 2 heterocycles. The van der Waals surface area contributed by atoms with Gasteiger partial charge in [-0.1, -0.05) is 54.2 Å². The molecule has 4 rings (SSSR count). The largest absolute Gasteiger partial charge is 0.338 e. The summed E-state index contributed by atoms with van der Waals surface area (Å²) in [7, 11) is 0. The summed E-state index contributed by atoms with van der Waals surface area (Å²) in [4.78, 5) is 22.4. The van der Waals surface area contributed by atoms with Crippen LogP contribution in [0.5, 0.6) is 0 Å². The molecule has 4 aromatic rings. The maximum Gasteiger partial charge on any atom is 0.266 e. The van der Waals surface area contributed by atoms with Gasteiger partial charge in [0, 0.05) is 6.42 Å². The van der Waals surface area contributed by atoms with E-state index in [0.717, 1.165) is 18.5 Å². The maximum atomic E-state index is 13.2. The molecule has 0 spiro atoms. The van der Waals surface area contributed by atoms with Gasteiger partial charge in [-0.25, -0.2) is 4.98 Å². The van der Waals surface area contributed by atoms with Gasteiger partial charge >= 0.3 is 0 Å². The molecule has 0 unspecified atom stereocenters. The summed E-state index contributed by atoms with van der Waals surface area (Å²) in [6.45, 7) is 4.05. The van der Waals surface area contributed by atoms with Crippen LogP contribution in [0, 0.1) is 0 Å². The number of para-hydroxylation sites is 2. The van der Waals surface area contributed by atoms with Gasteiger partial charge in [-0.15, -0.1) is 0 Å². The number of hydrogen-bond acceptors (Lipinski definition) is 6. The van der Waals surface area contributed by atoms with Crippen molar-refractivity contribution >= 4 is 22.7 Å². The first-order valence-corrected chi connectivity index (χ1v) is 10.1. The summed E-state index contributed by atoms with van der Waals surface area (Å²) in [6.07, 6.45) is 1.74. The Kier molecular flexibility index (Phi) is 5.25. The monoisotopic (exact) mass is 392 g/mol. The smallest absolute Gasteiger partial charge is 0.266 e. The fraction of sp³-hybridized carbons (Fsp3) is 0.238. The Morgan fingerprint density at radius 3 is 2.61 bits per heavy atom. The topological polar surface area (TPSA) is 73.8 Å². The van der Waals surface area contributed by atoms with E-state index in [0.29, 0.717) is 27.8 Å². The summed E-state index contributed by atoms with van der Waals surface area (Å²) in [6, 6.07) is 16.9. The van der Waals surface area contributed by atoms with Gasteiger partial charge in [-0.3, -0.25) is 9.36 Å². The Bertz CT molecular complexity index is 1150. The highest BCUT2D eigenvalue weighted by Crippen LogP contribution is 2.34. The molecule has 0 saturated heterocycles. The first-order chi connectivity index (χ1) is 13.7. The van der Waals surface area contributed by atoms with Crippen molar-refractivity contribution in [2.45, 2.75) is 37.1 Å². The van der Waals surface area contributed by atoms with Crippen LogP contribution in [0.1, 0.15) is 37.2 Å². The Labute approximate surface area is 166 Å². The zero-order chi connectivity index (χ0) is 19.5. The Morgan fingerprint density at radius 2 is 1.82 bits per heavy atom. The van der Waals surface area contributed by atoms with Crippen LogP contribution in [0.4, 0.5) is 0 Å². The molecule has 0 aliphatic heterocycles. The first-order valence-electron chi connectivity index (χ1n) is 9.23. The lowest BCUT2D eigenvalue weighted by molar-refractivity contribution is 0.374. The van der Waals surface area contributed by atoms with Crippen LogP contribution >= 0.6 is 11.8 Å². The summed E-state index contributed by atoms with van der Waals surface area (Å²) in [5.41, 5.74) is 1.35. The van der Waals surface area contributed by atoms with Gasteiger partial charge in [-0.05, 0) is 37.6 Å². The molecule has 0 fully saturated rings. The predicted molar refractivity (Wildman–Crippen MR) is 110 cm³/mol. The Hall–Kier alpha value is -2.93. The van der Waals surface area contributed by atoms with E-state index in [4.69, 9.17) is 9.51 Å². The second kappa shape index (κ2) is 7.98. The third kappa shape index (κ3) is 3.57. The van der Waals surface area contributed by atoms with Gasteiger partial charge in [0.1, 0.15) is 0 Å². The molecule has 0 bridgehead atoms. The lowest BCUT2D eigenvalue weighted by atomic mass is 10.2. The van der Waals surface area contributed by atoms with Gasteiger partial charge < -0.3 is 4.52 Å². The van der Waals surface area contributed by atoms with Gasteiger partial charge in [0.25, 0.3) is 5.56 Å². The molecule has 7 heteroatoms. The van der Waals surface area contributed by atoms with Crippen LogP contribution in [0.3, 0.4) is 0 Å². The number of hydrogen-bond donors (Lipinski definition) is 0. The highest BCUT2D eigenvalue weighted by molar-refractivity contribution is 7.99. The van der Waals surface area contributed by atoms with E-state index >= 15 is 0 Å². The van der Waals surface area contributed by atoms with Crippen LogP contribution in [0.2, 0.25) is 0 Å². The second-order valence-electron chi connectivity index (χ2n) is 6.45. The van der Waals surface area contributed by atoms with E-state index in [2.05, 4.69) is 17.1 Å². The van der Waals surface area contributed by atoms with Gasteiger partial charge in [0.2, 0.25) is 5.89 Å². The van der Waals surface area contributed by atoms with Crippen LogP contribution in [0.15, 0.2) is 69.1 Å². The quantitative estimate of drug-likeness (QED) is 0.353. The number of thioether (sulfide) groups is 1. The number of rotatable bonds is 6. The molecule has 0 saturated carbocycles. The summed E-state index contributed by atoms with van der Waals surface area (Å²) >= 11 is 1.43. The van der Waals surface area contributed by atoms with Crippen LogP contribution in [-0.4, -0.2) is 19.7 Å². The summed E-state index contributed by atoms with van der Waals surface area (Å²) in [5, 5.41) is 5.07. The molecule has 0 N–H and O–H groups in total. The zero-order valence-corrected chi connectivity index (χ0v) is 16.5. The molecule has 0 aliphatic rings. The molecule has 6 nitrogen and oxygen atoms in total. The van der Waals surface area contributed by atoms with Gasteiger partial charge in [-0.2, -0.15) is 4.98 Å². The Balaban J connectivity index is 1.79. The minimum Gasteiger partial charge on any atom is -0.338 e. The minimum atomic E-state index is -0.138. The highest BCUT2D eigenvalue weighted by Gasteiger charge is 2.20. The predicted octanol–water partition coefficient (Wildman–Crippen LogP) is 4.57. The number of benzene rings is 2. The van der Waals surface area contributed by atoms with Crippen LogP contribution < -0.4 is 5.56 Å². The molecule has 1 atom stereocenters. The van der Waals surface area contributed by atoms with Crippen molar-refractivity contribution in [3.63, 3.8) is 0 Å². The number of aryl methyl sites for hydroxylation is 1. The van der Waals surface area contributed by atoms with E-state index in [9.17, 15) is 4.79 Å². The number of aromatic nitrogens is 4. The van der Waals surface area contributed by atoms with Crippen molar-refractivity contribution in [2.75, 3.05) is 0 Å². The van der Waals surface area contributed by atoms with Gasteiger partial charge in [0.05, 0.1) is 21.8 Å². The second-order valence-corrected chi connectivity index (χ2v) is 7.75. The molecule has 2 aromatic carbocycles. The average molecular weight is 392 g/mol. The standard InChI is InChI=1S/C21H20N4O2S/c1-3-9-18-23-19(27-24-18)14(2)28-21-22-17-13-8-7-12-16(17)20(26)25(21)15-10-5-4-6-11-15/h4-8,10-14H,3,9H2,1-2H3/t14-/m1/s1. The van der Waals surface area contributed by atoms with Crippen molar-refractivity contribution in [1.82, 2.24) is 19.7 Å². The average Bonchev–Trinajstić information content (AvgIpc) is 3.18. The maximum absolute atomic E-state index is 13.2. The molecule has 0 amide bonds. The van der Waals surface area contributed by atoms with Crippen molar-refractivity contribution in [1.29, 1.82) is 0 Å². The fourth-order valence-corrected chi connectivity index (χ4v) is 3.92. The van der Waals surface area contributed by atoms with E-state index in [-0.39, 0.29) is 10.8 Å². The number of nitrogens with zero attached hydrogens (tertiary/aromatic N) is 4. The highest BCUT2D eigenvalue weighted by atomic mass is 32.2. The third-order valence-corrected chi connectivity index (χ3v) is 5.39. The zero-order valence-electron chi connectivity index (χ0n) is 15.7. The molecular formula is C21H20N4O2S. The molecule has 28 heavy (non-hydrogen) atoms. The molecule has 0 aliphatic carbocycles. The van der Waals surface area contributed by atoms with Crippen LogP contribution in [-0.2, 0) is 6.42 Å². The lowest BCUT2D eigenvalue weighted by Crippen LogP contribution is -2.21. The van der Waals surface area contributed by atoms with Crippen LogP contribution in [0.25, 0.3) is 16.6 Å². The fourth-order valence-electron chi connectivity index (χ4n) is 2.96. The Morgan fingerprint density at radius 1 is 1.07 bits per heavy atom. The van der Waals surface area contributed by atoms with E-state index in [1.807, 2.05) is 55.5 Å². The number of fused-ring (bicyclic) bond motifs is 1. The van der Waals surface area contributed by atoms with Crippen molar-refractivity contribution in [2.24, 2.45) is 0 Å². The van der Waals surface area contributed by atoms with Crippen molar-refractivity contribution in [3.05, 3.63) is 76.7 Å². The normalized spacial score (nSPS) is 12.4. The lowest BCUT2D eigenvalue weighted by Gasteiger charge is -2.14. The first kappa shape index (κ1) is 18.4. The summed E-state index contributed by atoms with van der Waals surface area (Å²) < 4.78 is 7.06. The molecule has 0 radical (unpaired) electrons. The van der Waals surface area contributed by atoms with E-state index < -0.39 is 0 Å². The van der Waals surface area contributed by atoms with Gasteiger partial charge in [0.15, 0.2) is 11.0 Å². The molecular weight excluding hydrogens is 372 g/mol. The van der Waals surface area contributed by atoms with Crippen molar-refractivity contribution in [3.8, 4) is 5.69 Å². The molecule has 2 aromatic heterocycles. The third-order valence-electron chi connectivity index (χ3n) is 4.35. The molecule has 142 valence electrons. The van der Waals surface area contributed by atoms with Crippen molar-refractivity contribution < 1.29 is 4.52 Å². The summed E-state index contributed by atoms with van der Waals surface area (Å²) in [5.74, 6) is 1.24. The minimum absolute atomic E-state index is 0.0938. The van der Waals surface area contributed by atoms with E-state index in [1.165, 1.54) is 11.8 Å². The SMILES string of the molecule is CCCc1noc([C@@H](C)Sc2nc3ccccc3c(=O)n2-c2ccccc2)n1.